The molecule has 1 aliphatic rings. The summed E-state index contributed by atoms with van der Waals surface area (Å²) < 4.78 is 0. The molecular weight excluding hydrogens is 224 g/mol. The summed E-state index contributed by atoms with van der Waals surface area (Å²) in [6.07, 6.45) is 3.21. The van der Waals surface area contributed by atoms with E-state index in [0.29, 0.717) is 12.5 Å². The molecule has 1 rings (SSSR count). The lowest BCUT2D eigenvalue weighted by molar-refractivity contribution is -0.136. The number of nitrogens with two attached hydrogens (primary N) is 1. The van der Waals surface area contributed by atoms with Crippen molar-refractivity contribution in [1.82, 2.24) is 4.90 Å². The second-order valence-corrected chi connectivity index (χ2v) is 6.60. The fraction of sp³-hybridized carbons (Fsp3) is 0.800. The molecule has 1 aliphatic heterocycles. The van der Waals surface area contributed by atoms with E-state index in [1.54, 1.807) is 0 Å². The highest BCUT2D eigenvalue weighted by Gasteiger charge is 2.28. The van der Waals surface area contributed by atoms with Gasteiger partial charge >= 0.3 is 0 Å². The summed E-state index contributed by atoms with van der Waals surface area (Å²) in [5.74, 6) is 0.502. The number of rotatable bonds is 3. The Morgan fingerprint density at radius 3 is 2.39 bits per heavy atom. The Kier molecular flexibility index (Phi) is 4.97. The Morgan fingerprint density at radius 1 is 1.44 bits per heavy atom. The second kappa shape index (κ2) is 5.87. The number of hydrogen-bond acceptors (Lipinski definition) is 2. The molecule has 0 aromatic heterocycles. The number of amides is 1. The molecule has 3 heteroatoms. The van der Waals surface area contributed by atoms with E-state index in [-0.39, 0.29) is 17.2 Å². The Labute approximate surface area is 111 Å². The Morgan fingerprint density at radius 2 is 2.06 bits per heavy atom. The first kappa shape index (κ1) is 15.2. The van der Waals surface area contributed by atoms with Crippen molar-refractivity contribution in [2.24, 2.45) is 23.0 Å². The first-order valence-corrected chi connectivity index (χ1v) is 6.95. The summed E-state index contributed by atoms with van der Waals surface area (Å²) in [7, 11) is 0. The van der Waals surface area contributed by atoms with Gasteiger partial charge in [-0.15, -0.1) is 0 Å². The molecule has 1 amide bonds. The molecule has 0 bridgehead atoms. The minimum Gasteiger partial charge on any atom is -0.338 e. The average Bonchev–Trinajstić information content (AvgIpc) is 2.28. The third-order valence-corrected chi connectivity index (χ3v) is 3.86. The van der Waals surface area contributed by atoms with Gasteiger partial charge in [0.25, 0.3) is 0 Å². The summed E-state index contributed by atoms with van der Waals surface area (Å²) in [5, 5.41) is 0. The molecule has 1 unspecified atom stereocenters. The largest absolute Gasteiger partial charge is 0.338 e. The van der Waals surface area contributed by atoms with Gasteiger partial charge in [0.2, 0.25) is 5.91 Å². The molecule has 1 heterocycles. The van der Waals surface area contributed by atoms with Gasteiger partial charge < -0.3 is 10.6 Å². The molecule has 0 aliphatic carbocycles. The Balaban J connectivity index is 2.68. The van der Waals surface area contributed by atoms with Gasteiger partial charge in [-0.2, -0.15) is 0 Å². The van der Waals surface area contributed by atoms with Crippen LogP contribution in [-0.4, -0.2) is 30.4 Å². The zero-order valence-corrected chi connectivity index (χ0v) is 12.5. The molecule has 18 heavy (non-hydrogen) atoms. The molecule has 104 valence electrons. The van der Waals surface area contributed by atoms with E-state index in [4.69, 9.17) is 5.73 Å². The van der Waals surface area contributed by atoms with Crippen molar-refractivity contribution in [2.75, 3.05) is 19.6 Å². The van der Waals surface area contributed by atoms with Gasteiger partial charge in [-0.3, -0.25) is 4.79 Å². The highest BCUT2D eigenvalue weighted by molar-refractivity contribution is 5.79. The lowest BCUT2D eigenvalue weighted by Gasteiger charge is -2.34. The topological polar surface area (TPSA) is 46.3 Å². The van der Waals surface area contributed by atoms with Crippen LogP contribution in [0.4, 0.5) is 0 Å². The normalized spacial score (nSPS) is 18.8. The van der Waals surface area contributed by atoms with Crippen LogP contribution in [0.15, 0.2) is 11.6 Å². The minimum atomic E-state index is -0.0328. The van der Waals surface area contributed by atoms with Gasteiger partial charge in [0, 0.05) is 19.6 Å². The van der Waals surface area contributed by atoms with Crippen molar-refractivity contribution < 1.29 is 4.79 Å². The zero-order chi connectivity index (χ0) is 13.9. The second-order valence-electron chi connectivity index (χ2n) is 6.60. The van der Waals surface area contributed by atoms with Gasteiger partial charge in [0.05, 0.1) is 5.92 Å². The fourth-order valence-corrected chi connectivity index (χ4v) is 2.44. The average molecular weight is 252 g/mol. The molecular formula is C15H28N2O. The van der Waals surface area contributed by atoms with Gasteiger partial charge in [0.15, 0.2) is 0 Å². The van der Waals surface area contributed by atoms with Gasteiger partial charge in [-0.05, 0) is 17.8 Å². The van der Waals surface area contributed by atoms with Crippen molar-refractivity contribution in [3.8, 4) is 0 Å². The van der Waals surface area contributed by atoms with E-state index in [9.17, 15) is 4.79 Å². The summed E-state index contributed by atoms with van der Waals surface area (Å²) in [4.78, 5) is 14.3. The number of carbonyl (C=O) groups is 1. The highest BCUT2D eigenvalue weighted by Crippen LogP contribution is 2.30. The maximum atomic E-state index is 12.3. The number of nitrogens with zero attached hydrogens (tertiary/aromatic N) is 1. The summed E-state index contributed by atoms with van der Waals surface area (Å²) in [5.41, 5.74) is 7.40. The standard InChI is InChI=1S/C15H28N2O/c1-11(2)13(10-16)14(18)17-8-6-12(7-9-17)15(3,4)5/h6,11,13H,7-10,16H2,1-5H3. The zero-order valence-electron chi connectivity index (χ0n) is 12.5. The van der Waals surface area contributed by atoms with Gasteiger partial charge in [0.1, 0.15) is 0 Å². The number of hydrogen-bond donors (Lipinski definition) is 1. The SMILES string of the molecule is CC(C)C(CN)C(=O)N1CC=C(C(C)(C)C)CC1. The molecule has 2 N–H and O–H groups in total. The van der Waals surface area contributed by atoms with E-state index in [1.165, 1.54) is 5.57 Å². The lowest BCUT2D eigenvalue weighted by Crippen LogP contribution is -2.43. The fourth-order valence-electron chi connectivity index (χ4n) is 2.44. The summed E-state index contributed by atoms with van der Waals surface area (Å²) in [6, 6.07) is 0. The van der Waals surface area contributed by atoms with Gasteiger partial charge in [-0.25, -0.2) is 0 Å². The minimum absolute atomic E-state index is 0.0328. The quantitative estimate of drug-likeness (QED) is 0.784. The van der Waals surface area contributed by atoms with Crippen molar-refractivity contribution in [3.63, 3.8) is 0 Å². The lowest BCUT2D eigenvalue weighted by atomic mass is 9.82. The molecule has 0 fully saturated rings. The highest BCUT2D eigenvalue weighted by atomic mass is 16.2. The van der Waals surface area contributed by atoms with Crippen LogP contribution in [0, 0.1) is 17.3 Å². The van der Waals surface area contributed by atoms with Crippen LogP contribution in [-0.2, 0) is 4.79 Å². The first-order valence-electron chi connectivity index (χ1n) is 6.95. The van der Waals surface area contributed by atoms with Crippen LogP contribution in [0.3, 0.4) is 0 Å². The van der Waals surface area contributed by atoms with E-state index in [2.05, 4.69) is 40.7 Å². The Hall–Kier alpha value is -0.830. The van der Waals surface area contributed by atoms with Crippen LogP contribution < -0.4 is 5.73 Å². The van der Waals surface area contributed by atoms with Crippen LogP contribution in [0.25, 0.3) is 0 Å². The molecule has 0 aromatic rings. The third kappa shape index (κ3) is 3.58. The van der Waals surface area contributed by atoms with E-state index >= 15 is 0 Å². The Bertz CT molecular complexity index is 326. The number of carbonyl (C=O) groups excluding carboxylic acids is 1. The van der Waals surface area contributed by atoms with Crippen molar-refractivity contribution in [3.05, 3.63) is 11.6 Å². The van der Waals surface area contributed by atoms with Crippen molar-refractivity contribution >= 4 is 5.91 Å². The molecule has 0 saturated heterocycles. The first-order chi connectivity index (χ1) is 8.27. The van der Waals surface area contributed by atoms with Crippen LogP contribution in [0.2, 0.25) is 0 Å². The third-order valence-electron chi connectivity index (χ3n) is 3.86. The summed E-state index contributed by atoms with van der Waals surface area (Å²) >= 11 is 0. The molecule has 0 spiro atoms. The smallest absolute Gasteiger partial charge is 0.227 e. The van der Waals surface area contributed by atoms with Crippen molar-refractivity contribution in [2.45, 2.75) is 41.0 Å². The predicted molar refractivity (Wildman–Crippen MR) is 76.1 cm³/mol. The van der Waals surface area contributed by atoms with Crippen LogP contribution in [0.5, 0.6) is 0 Å². The van der Waals surface area contributed by atoms with E-state index in [1.807, 2.05) is 4.90 Å². The van der Waals surface area contributed by atoms with E-state index < -0.39 is 0 Å². The molecule has 0 aromatic carbocycles. The van der Waals surface area contributed by atoms with Gasteiger partial charge in [-0.1, -0.05) is 46.3 Å². The summed E-state index contributed by atoms with van der Waals surface area (Å²) in [6.45, 7) is 12.8. The molecule has 0 radical (unpaired) electrons. The maximum Gasteiger partial charge on any atom is 0.227 e. The predicted octanol–water partition coefficient (Wildman–Crippen LogP) is 2.42. The molecule has 3 nitrogen and oxygen atoms in total. The van der Waals surface area contributed by atoms with Crippen LogP contribution >= 0.6 is 0 Å². The van der Waals surface area contributed by atoms with E-state index in [0.717, 1.165) is 19.5 Å². The van der Waals surface area contributed by atoms with Crippen LogP contribution in [0.1, 0.15) is 41.0 Å². The monoisotopic (exact) mass is 252 g/mol. The van der Waals surface area contributed by atoms with Crippen molar-refractivity contribution in [1.29, 1.82) is 0 Å². The maximum absolute atomic E-state index is 12.3. The molecule has 0 saturated carbocycles. The molecule has 1 atom stereocenters.